The smallest absolute Gasteiger partial charge is 0.214 e. The molecule has 92 valence electrons. The van der Waals surface area contributed by atoms with E-state index < -0.39 is 11.6 Å². The molecule has 1 aromatic heterocycles. The highest BCUT2D eigenvalue weighted by Gasteiger charge is 2.17. The van der Waals surface area contributed by atoms with Crippen molar-refractivity contribution in [2.24, 2.45) is 0 Å². The van der Waals surface area contributed by atoms with Gasteiger partial charge in [0.2, 0.25) is 5.78 Å². The molecule has 0 aliphatic heterocycles. The number of nitrogens with zero attached hydrogens (tertiary/aromatic N) is 1. The molecular formula is C14H11BrFNO. The predicted octanol–water partition coefficient (Wildman–Crippen LogP) is 3.83. The molecule has 0 saturated carbocycles. The van der Waals surface area contributed by atoms with Crippen LogP contribution in [0.1, 0.15) is 27.2 Å². The van der Waals surface area contributed by atoms with E-state index in [2.05, 4.69) is 20.9 Å². The number of carbonyl (C=O) groups is 1. The van der Waals surface area contributed by atoms with Crippen LogP contribution in [0.2, 0.25) is 0 Å². The standard InChI is InChI=1S/C14H11BrFNO/c1-8-5-9(2)13(17-7-8)14(18)11-6-10(15)3-4-12(11)16/h3-7H,1-2H3. The van der Waals surface area contributed by atoms with Gasteiger partial charge in [-0.15, -0.1) is 0 Å². The second kappa shape index (κ2) is 4.98. The number of carbonyl (C=O) groups excluding carboxylic acids is 1. The average molecular weight is 308 g/mol. The monoisotopic (exact) mass is 307 g/mol. The zero-order valence-electron chi connectivity index (χ0n) is 10.00. The molecule has 4 heteroatoms. The molecule has 0 radical (unpaired) electrons. The SMILES string of the molecule is Cc1cnc(C(=O)c2cc(Br)ccc2F)c(C)c1. The molecule has 0 bridgehead atoms. The average Bonchev–Trinajstić information content (AvgIpc) is 2.31. The summed E-state index contributed by atoms with van der Waals surface area (Å²) in [5.41, 5.74) is 2.04. The second-order valence-corrected chi connectivity index (χ2v) is 5.05. The van der Waals surface area contributed by atoms with E-state index in [0.29, 0.717) is 4.47 Å². The Hall–Kier alpha value is -1.55. The third kappa shape index (κ3) is 2.48. The summed E-state index contributed by atoms with van der Waals surface area (Å²) < 4.78 is 14.3. The molecule has 2 rings (SSSR count). The van der Waals surface area contributed by atoms with Crippen LogP contribution in [0.3, 0.4) is 0 Å². The molecule has 0 spiro atoms. The van der Waals surface area contributed by atoms with Gasteiger partial charge in [-0.1, -0.05) is 22.0 Å². The lowest BCUT2D eigenvalue weighted by Gasteiger charge is -2.06. The zero-order chi connectivity index (χ0) is 13.3. The van der Waals surface area contributed by atoms with Gasteiger partial charge in [-0.05, 0) is 43.2 Å². The molecule has 0 amide bonds. The van der Waals surface area contributed by atoms with Gasteiger partial charge in [-0.25, -0.2) is 4.39 Å². The van der Waals surface area contributed by atoms with Gasteiger partial charge < -0.3 is 0 Å². The quantitative estimate of drug-likeness (QED) is 0.789. The van der Waals surface area contributed by atoms with Gasteiger partial charge in [0, 0.05) is 10.7 Å². The molecule has 0 fully saturated rings. The summed E-state index contributed by atoms with van der Waals surface area (Å²) in [7, 11) is 0. The third-order valence-electron chi connectivity index (χ3n) is 2.60. The largest absolute Gasteiger partial charge is 0.287 e. The summed E-state index contributed by atoms with van der Waals surface area (Å²) in [4.78, 5) is 16.3. The normalized spacial score (nSPS) is 10.4. The number of hydrogen-bond acceptors (Lipinski definition) is 2. The highest BCUT2D eigenvalue weighted by Crippen LogP contribution is 2.19. The van der Waals surface area contributed by atoms with Crippen LogP contribution in [-0.2, 0) is 0 Å². The van der Waals surface area contributed by atoms with Crippen molar-refractivity contribution < 1.29 is 9.18 Å². The highest BCUT2D eigenvalue weighted by molar-refractivity contribution is 9.10. The van der Waals surface area contributed by atoms with Crippen molar-refractivity contribution in [2.45, 2.75) is 13.8 Å². The molecule has 1 aromatic carbocycles. The lowest BCUT2D eigenvalue weighted by atomic mass is 10.0. The van der Waals surface area contributed by atoms with Gasteiger partial charge in [0.15, 0.2) is 0 Å². The summed E-state index contributed by atoms with van der Waals surface area (Å²) in [6, 6.07) is 6.15. The van der Waals surface area contributed by atoms with E-state index in [1.807, 2.05) is 13.0 Å². The molecule has 0 atom stereocenters. The van der Waals surface area contributed by atoms with E-state index in [1.165, 1.54) is 12.1 Å². The number of ketones is 1. The van der Waals surface area contributed by atoms with Crippen LogP contribution >= 0.6 is 15.9 Å². The number of pyridine rings is 1. The lowest BCUT2D eigenvalue weighted by Crippen LogP contribution is -2.09. The first-order chi connectivity index (χ1) is 8.49. The lowest BCUT2D eigenvalue weighted by molar-refractivity contribution is 0.103. The van der Waals surface area contributed by atoms with Crippen molar-refractivity contribution in [1.29, 1.82) is 0 Å². The molecule has 1 heterocycles. The summed E-state index contributed by atoms with van der Waals surface area (Å²) in [6.07, 6.45) is 1.61. The molecule has 0 aliphatic rings. The van der Waals surface area contributed by atoms with Gasteiger partial charge in [-0.2, -0.15) is 0 Å². The molecule has 0 saturated heterocycles. The Kier molecular flexibility index (Phi) is 3.57. The molecule has 0 N–H and O–H groups in total. The summed E-state index contributed by atoms with van der Waals surface area (Å²) in [5, 5.41) is 0. The number of aryl methyl sites for hydroxylation is 2. The van der Waals surface area contributed by atoms with Crippen LogP contribution in [-0.4, -0.2) is 10.8 Å². The zero-order valence-corrected chi connectivity index (χ0v) is 11.6. The van der Waals surface area contributed by atoms with Crippen LogP contribution in [0.25, 0.3) is 0 Å². The minimum atomic E-state index is -0.537. The molecule has 18 heavy (non-hydrogen) atoms. The Bertz CT molecular complexity index is 625. The number of halogens is 2. The van der Waals surface area contributed by atoms with Crippen molar-refractivity contribution in [1.82, 2.24) is 4.98 Å². The van der Waals surface area contributed by atoms with E-state index in [4.69, 9.17) is 0 Å². The van der Waals surface area contributed by atoms with E-state index in [1.54, 1.807) is 19.2 Å². The summed E-state index contributed by atoms with van der Waals surface area (Å²) >= 11 is 3.23. The van der Waals surface area contributed by atoms with Crippen LogP contribution in [0.4, 0.5) is 4.39 Å². The fourth-order valence-corrected chi connectivity index (χ4v) is 2.11. The maximum absolute atomic E-state index is 13.6. The Labute approximate surface area is 113 Å². The van der Waals surface area contributed by atoms with Gasteiger partial charge in [0.1, 0.15) is 11.5 Å². The molecule has 0 aliphatic carbocycles. The van der Waals surface area contributed by atoms with Gasteiger partial charge >= 0.3 is 0 Å². The van der Waals surface area contributed by atoms with E-state index in [0.717, 1.165) is 11.1 Å². The number of hydrogen-bond donors (Lipinski definition) is 0. The van der Waals surface area contributed by atoms with Crippen LogP contribution < -0.4 is 0 Å². The number of aromatic nitrogens is 1. The van der Waals surface area contributed by atoms with Gasteiger partial charge in [0.05, 0.1) is 5.56 Å². The first kappa shape index (κ1) is 12.9. The highest BCUT2D eigenvalue weighted by atomic mass is 79.9. The van der Waals surface area contributed by atoms with Crippen molar-refractivity contribution >= 4 is 21.7 Å². The number of rotatable bonds is 2. The minimum absolute atomic E-state index is 0.0313. The first-order valence-corrected chi connectivity index (χ1v) is 6.21. The fraction of sp³-hybridized carbons (Fsp3) is 0.143. The third-order valence-corrected chi connectivity index (χ3v) is 3.10. The van der Waals surface area contributed by atoms with E-state index in [-0.39, 0.29) is 11.3 Å². The summed E-state index contributed by atoms with van der Waals surface area (Å²) in [5.74, 6) is -0.934. The van der Waals surface area contributed by atoms with Crippen molar-refractivity contribution in [3.05, 3.63) is 63.1 Å². The maximum atomic E-state index is 13.6. The maximum Gasteiger partial charge on any atom is 0.214 e. The minimum Gasteiger partial charge on any atom is -0.287 e. The van der Waals surface area contributed by atoms with Crippen molar-refractivity contribution in [3.63, 3.8) is 0 Å². The predicted molar refractivity (Wildman–Crippen MR) is 71.2 cm³/mol. The fourth-order valence-electron chi connectivity index (χ4n) is 1.75. The van der Waals surface area contributed by atoms with Crippen molar-refractivity contribution in [2.75, 3.05) is 0 Å². The van der Waals surface area contributed by atoms with Gasteiger partial charge in [-0.3, -0.25) is 9.78 Å². The number of benzene rings is 1. The Morgan fingerprint density at radius 3 is 2.67 bits per heavy atom. The molecule has 2 aromatic rings. The van der Waals surface area contributed by atoms with Crippen LogP contribution in [0.15, 0.2) is 34.9 Å². The van der Waals surface area contributed by atoms with E-state index in [9.17, 15) is 9.18 Å². The van der Waals surface area contributed by atoms with E-state index >= 15 is 0 Å². The van der Waals surface area contributed by atoms with Crippen molar-refractivity contribution in [3.8, 4) is 0 Å². The van der Waals surface area contributed by atoms with Gasteiger partial charge in [0.25, 0.3) is 0 Å². The van der Waals surface area contributed by atoms with Crippen LogP contribution in [0.5, 0.6) is 0 Å². The Balaban J connectivity index is 2.51. The Morgan fingerprint density at radius 1 is 1.28 bits per heavy atom. The second-order valence-electron chi connectivity index (χ2n) is 4.13. The molecule has 0 unspecified atom stereocenters. The topological polar surface area (TPSA) is 30.0 Å². The Morgan fingerprint density at radius 2 is 2.00 bits per heavy atom. The first-order valence-electron chi connectivity index (χ1n) is 5.42. The molecular weight excluding hydrogens is 297 g/mol. The molecule has 2 nitrogen and oxygen atoms in total. The van der Waals surface area contributed by atoms with Crippen LogP contribution in [0, 0.1) is 19.7 Å². The summed E-state index contributed by atoms with van der Waals surface area (Å²) in [6.45, 7) is 3.69.